The molecule has 0 radical (unpaired) electrons. The Morgan fingerprint density at radius 2 is 1.71 bits per heavy atom. The molecule has 2 aliphatic rings. The van der Waals surface area contributed by atoms with Crippen LogP contribution >= 0.6 is 0 Å². The van der Waals surface area contributed by atoms with E-state index in [1.54, 1.807) is 8.33 Å². The van der Waals surface area contributed by atoms with Crippen molar-refractivity contribution < 1.29 is 16.0 Å². The van der Waals surface area contributed by atoms with Gasteiger partial charge < -0.3 is 0 Å². The van der Waals surface area contributed by atoms with Gasteiger partial charge in [-0.2, -0.15) is 0 Å². The molecule has 0 atom stereocenters. The van der Waals surface area contributed by atoms with Crippen molar-refractivity contribution >= 4 is 0 Å². The molecule has 0 aromatic rings. The van der Waals surface area contributed by atoms with Gasteiger partial charge in [-0.15, -0.1) is 0 Å². The van der Waals surface area contributed by atoms with Crippen LogP contribution in [0.1, 0.15) is 12.8 Å². The molecule has 0 spiro atoms. The van der Waals surface area contributed by atoms with Crippen LogP contribution in [0.3, 0.4) is 0 Å². The van der Waals surface area contributed by atoms with Crippen LogP contribution in [0, 0.1) is 0 Å². The summed E-state index contributed by atoms with van der Waals surface area (Å²) < 4.78 is 3.37. The molecule has 0 aliphatic heterocycles. The van der Waals surface area contributed by atoms with Crippen LogP contribution in [0.5, 0.6) is 0 Å². The molecule has 0 amide bonds. The van der Waals surface area contributed by atoms with E-state index >= 15 is 0 Å². The Kier molecular flexibility index (Phi) is 3.32. The molecule has 0 aromatic carbocycles. The van der Waals surface area contributed by atoms with Crippen molar-refractivity contribution in [2.45, 2.75) is 17.9 Å². The fourth-order valence-electron chi connectivity index (χ4n) is 1.58. The summed E-state index contributed by atoms with van der Waals surface area (Å²) in [5.41, 5.74) is 0. The molecule has 0 unspecified atom stereocenters. The van der Waals surface area contributed by atoms with Crippen molar-refractivity contribution in [3.63, 3.8) is 0 Å². The van der Waals surface area contributed by atoms with E-state index in [1.165, 1.54) is 17.9 Å². The third kappa shape index (κ3) is 2.04. The topological polar surface area (TPSA) is 0 Å². The van der Waals surface area contributed by atoms with Gasteiger partial charge in [-0.05, 0) is 0 Å². The zero-order chi connectivity index (χ0) is 9.80. The number of hydrogen-bond acceptors (Lipinski definition) is 0. The summed E-state index contributed by atoms with van der Waals surface area (Å²) in [7, 11) is 0. The molecule has 0 fully saturated rings. The molecule has 0 saturated heterocycles. The van der Waals surface area contributed by atoms with Crippen LogP contribution in [-0.2, 0) is 16.0 Å². The predicted octanol–water partition coefficient (Wildman–Crippen LogP) is 3.90. The molecule has 0 heterocycles. The Labute approximate surface area is 91.3 Å². The van der Waals surface area contributed by atoms with Gasteiger partial charge in [0.05, 0.1) is 0 Å². The quantitative estimate of drug-likeness (QED) is 0.538. The maximum absolute atomic E-state index is 3.88. The van der Waals surface area contributed by atoms with Crippen molar-refractivity contribution in [1.29, 1.82) is 0 Å². The summed E-state index contributed by atoms with van der Waals surface area (Å²) >= 11 is -0.906. The molecule has 0 aromatic heterocycles. The van der Waals surface area contributed by atoms with Gasteiger partial charge in [0.15, 0.2) is 0 Å². The van der Waals surface area contributed by atoms with Crippen LogP contribution < -0.4 is 0 Å². The Balaban J connectivity index is 2.11. The van der Waals surface area contributed by atoms with E-state index in [0.29, 0.717) is 0 Å². The van der Waals surface area contributed by atoms with Crippen molar-refractivity contribution in [3.8, 4) is 0 Å². The summed E-state index contributed by atoms with van der Waals surface area (Å²) in [4.78, 5) is 0. The molecule has 0 N–H and O–H groups in total. The molecule has 2 rings (SSSR count). The standard InChI is InChI=1S/2C5H5.C3H5.Ru/c2*1-2-4-5-3-1;1-3-2;/h2*1-3H,4H2;3H,1-2H2;. The summed E-state index contributed by atoms with van der Waals surface area (Å²) in [6.07, 6.45) is 18.0. The van der Waals surface area contributed by atoms with Crippen LogP contribution in [0.25, 0.3) is 0 Å². The first-order chi connectivity index (χ1) is 6.92. The number of hydrogen-bond donors (Lipinski definition) is 0. The Hall–Kier alpha value is -0.677. The Morgan fingerprint density at radius 1 is 1.14 bits per heavy atom. The first kappa shape index (κ1) is 9.86. The molecule has 14 heavy (non-hydrogen) atoms. The molecule has 2 aliphatic carbocycles. The van der Waals surface area contributed by atoms with Crippen LogP contribution in [-0.4, -0.2) is 0 Å². The normalized spacial score (nSPS) is 19.6. The molecule has 75 valence electrons. The summed E-state index contributed by atoms with van der Waals surface area (Å²) in [5.74, 6) is 0. The minimum atomic E-state index is -0.906. The fourth-order valence-corrected chi connectivity index (χ4v) is 6.01. The first-order valence-electron chi connectivity index (χ1n) is 4.85. The average Bonchev–Trinajstić information content (AvgIpc) is 2.87. The van der Waals surface area contributed by atoms with E-state index in [-0.39, 0.29) is 0 Å². The molecule has 1 heteroatoms. The molecule has 0 bridgehead atoms. The van der Waals surface area contributed by atoms with Gasteiger partial charge in [0.25, 0.3) is 0 Å². The SMILES string of the molecule is C=C[CH2][Ru]([C]1=CC=CC1)[C]1=CC=CC1. The van der Waals surface area contributed by atoms with Crippen molar-refractivity contribution in [2.75, 3.05) is 0 Å². The molecular weight excluding hydrogens is 257 g/mol. The first-order valence-corrected chi connectivity index (χ1v) is 7.82. The molecule has 0 nitrogen and oxygen atoms in total. The maximum atomic E-state index is 3.88. The number of rotatable bonds is 4. The van der Waals surface area contributed by atoms with Gasteiger partial charge in [-0.1, -0.05) is 0 Å². The molecule has 0 saturated carbocycles. The summed E-state index contributed by atoms with van der Waals surface area (Å²) in [5, 5.41) is 1.21. The van der Waals surface area contributed by atoms with Crippen LogP contribution in [0.2, 0.25) is 5.02 Å². The Morgan fingerprint density at radius 3 is 2.07 bits per heavy atom. The van der Waals surface area contributed by atoms with Gasteiger partial charge in [0.2, 0.25) is 0 Å². The zero-order valence-electron chi connectivity index (χ0n) is 8.22. The monoisotopic (exact) mass is 273 g/mol. The van der Waals surface area contributed by atoms with Crippen molar-refractivity contribution in [1.82, 2.24) is 0 Å². The van der Waals surface area contributed by atoms with Gasteiger partial charge in [-0.3, -0.25) is 0 Å². The predicted molar refractivity (Wildman–Crippen MR) is 58.7 cm³/mol. The van der Waals surface area contributed by atoms with Crippen molar-refractivity contribution in [3.05, 3.63) is 57.4 Å². The third-order valence-electron chi connectivity index (χ3n) is 2.23. The second-order valence-corrected chi connectivity index (χ2v) is 7.84. The second kappa shape index (κ2) is 4.71. The van der Waals surface area contributed by atoms with E-state index in [4.69, 9.17) is 0 Å². The zero-order valence-corrected chi connectivity index (χ0v) is 9.96. The van der Waals surface area contributed by atoms with Crippen molar-refractivity contribution in [2.24, 2.45) is 0 Å². The summed E-state index contributed by atoms with van der Waals surface area (Å²) in [6, 6.07) is 0. The van der Waals surface area contributed by atoms with E-state index in [9.17, 15) is 0 Å². The van der Waals surface area contributed by atoms with Gasteiger partial charge >= 0.3 is 91.3 Å². The van der Waals surface area contributed by atoms with Gasteiger partial charge in [0.1, 0.15) is 0 Å². The van der Waals surface area contributed by atoms with Gasteiger partial charge in [-0.25, -0.2) is 0 Å². The van der Waals surface area contributed by atoms with E-state index in [1.807, 2.05) is 0 Å². The fraction of sp³-hybridized carbons (Fsp3) is 0.231. The minimum absolute atomic E-state index is 0.906. The summed E-state index contributed by atoms with van der Waals surface area (Å²) in [6.45, 7) is 3.88. The molecular formula is C13H15Ru. The van der Waals surface area contributed by atoms with Crippen LogP contribution in [0.4, 0.5) is 0 Å². The third-order valence-corrected chi connectivity index (χ3v) is 7.42. The van der Waals surface area contributed by atoms with E-state index in [0.717, 1.165) is 0 Å². The second-order valence-electron chi connectivity index (χ2n) is 3.23. The van der Waals surface area contributed by atoms with E-state index in [2.05, 4.69) is 49.1 Å². The average molecular weight is 272 g/mol. The van der Waals surface area contributed by atoms with Crippen LogP contribution in [0.15, 0.2) is 57.4 Å². The van der Waals surface area contributed by atoms with E-state index < -0.39 is 16.0 Å². The Bertz CT molecular complexity index is 312. The van der Waals surface area contributed by atoms with Gasteiger partial charge in [0, 0.05) is 0 Å². The number of allylic oxidation sites excluding steroid dienone is 9.